The smallest absolute Gasteiger partial charge is 0.462 e. The summed E-state index contributed by atoms with van der Waals surface area (Å²) in [4.78, 5) is 71.8. The molecule has 8 N–H and O–H groups in total. The summed E-state index contributed by atoms with van der Waals surface area (Å²) in [6.07, 6.45) is -7.93. The minimum absolute atomic E-state index is 0.0181. The first kappa shape index (κ1) is 44.2. The summed E-state index contributed by atoms with van der Waals surface area (Å²) in [5.74, 6) is -1.36. The molecule has 0 radical (unpaired) electrons. The fourth-order valence-corrected chi connectivity index (χ4v) is 6.68. The van der Waals surface area contributed by atoms with E-state index in [0.717, 1.165) is 51.4 Å². The lowest BCUT2D eigenvalue weighted by molar-refractivity contribution is -0.213. The molecule has 0 spiro atoms. The lowest BCUT2D eigenvalue weighted by atomic mass is 9.85. The van der Waals surface area contributed by atoms with Crippen molar-refractivity contribution in [1.29, 1.82) is 0 Å². The van der Waals surface area contributed by atoms with Crippen molar-refractivity contribution in [2.45, 2.75) is 134 Å². The summed E-state index contributed by atoms with van der Waals surface area (Å²) in [5.41, 5.74) is 0. The first-order chi connectivity index (χ1) is 21.8. The third kappa shape index (κ3) is 18.6. The number of unbranched alkanes of at least 4 members (excludes halogenated alkanes) is 8. The Kier molecular flexibility index (Phi) is 20.1. The van der Waals surface area contributed by atoms with Crippen LogP contribution in [0.15, 0.2) is 0 Å². The first-order valence-electron chi connectivity index (χ1n) is 15.3. The van der Waals surface area contributed by atoms with Gasteiger partial charge in [0.15, 0.2) is 6.10 Å². The molecule has 0 aliphatic heterocycles. The summed E-state index contributed by atoms with van der Waals surface area (Å²) in [6, 6.07) is 0. The number of aliphatic hydroxyl groups is 3. The van der Waals surface area contributed by atoms with Crippen LogP contribution in [0, 0.1) is 0 Å². The van der Waals surface area contributed by atoms with Crippen LogP contribution in [0.2, 0.25) is 0 Å². The lowest BCUT2D eigenvalue weighted by Gasteiger charge is -2.44. The zero-order valence-corrected chi connectivity index (χ0v) is 29.0. The second-order valence-electron chi connectivity index (χ2n) is 11.1. The van der Waals surface area contributed by atoms with Crippen LogP contribution < -0.4 is 0 Å². The van der Waals surface area contributed by atoms with Gasteiger partial charge in [-0.15, -0.1) is 0 Å². The van der Waals surface area contributed by atoms with Gasteiger partial charge in [0.25, 0.3) is 0 Å². The van der Waals surface area contributed by atoms with Crippen LogP contribution in [0.4, 0.5) is 0 Å². The van der Waals surface area contributed by atoms with Gasteiger partial charge in [-0.1, -0.05) is 65.2 Å². The van der Waals surface area contributed by atoms with Gasteiger partial charge >= 0.3 is 35.4 Å². The summed E-state index contributed by atoms with van der Waals surface area (Å²) in [6.45, 7) is 2.53. The molecule has 47 heavy (non-hydrogen) atoms. The van der Waals surface area contributed by atoms with E-state index in [4.69, 9.17) is 28.3 Å². The fraction of sp³-hybridized carbons (Fsp3) is 0.920. The minimum Gasteiger partial charge on any atom is -0.462 e. The molecule has 0 bridgehead atoms. The Morgan fingerprint density at radius 1 is 0.596 bits per heavy atom. The van der Waals surface area contributed by atoms with Crippen molar-refractivity contribution in [3.05, 3.63) is 0 Å². The Morgan fingerprint density at radius 2 is 1.04 bits per heavy atom. The van der Waals surface area contributed by atoms with Gasteiger partial charge in [0.05, 0.1) is 6.61 Å². The van der Waals surface area contributed by atoms with Crippen molar-refractivity contribution < 1.29 is 90.6 Å². The molecule has 1 rings (SSSR count). The van der Waals surface area contributed by atoms with Crippen LogP contribution in [-0.2, 0) is 50.9 Å². The molecule has 22 heteroatoms. The molecule has 0 heterocycles. The molecule has 0 aromatic carbocycles. The Hall–Kier alpha value is -0.850. The van der Waals surface area contributed by atoms with Crippen molar-refractivity contribution in [2.24, 2.45) is 0 Å². The molecular weight excluding hydrogens is 697 g/mol. The van der Waals surface area contributed by atoms with Gasteiger partial charge in [0.1, 0.15) is 43.2 Å². The number of aliphatic hydroxyl groups excluding tert-OH is 3. The molecule has 0 aromatic heterocycles. The highest BCUT2D eigenvalue weighted by molar-refractivity contribution is 7.47. The van der Waals surface area contributed by atoms with Gasteiger partial charge in [0.2, 0.25) is 0 Å². The van der Waals surface area contributed by atoms with E-state index >= 15 is 0 Å². The quantitative estimate of drug-likeness (QED) is 0.0396. The lowest BCUT2D eigenvalue weighted by Crippen LogP contribution is -2.65. The highest BCUT2D eigenvalue weighted by atomic mass is 31.2. The number of carbonyl (C=O) groups is 2. The van der Waals surface area contributed by atoms with Crippen LogP contribution >= 0.6 is 23.5 Å². The molecule has 278 valence electrons. The highest BCUT2D eigenvalue weighted by Crippen LogP contribution is 2.51. The average Bonchev–Trinajstić information content (AvgIpc) is 2.96. The molecule has 0 aromatic rings. The van der Waals surface area contributed by atoms with E-state index in [9.17, 15) is 53.3 Å². The van der Waals surface area contributed by atoms with Crippen LogP contribution in [0.3, 0.4) is 0 Å². The summed E-state index contributed by atoms with van der Waals surface area (Å²) < 4.78 is 64.4. The third-order valence-corrected chi connectivity index (χ3v) is 8.94. The molecular formula is C25H49O19P3. The Labute approximate surface area is 272 Å². The number of esters is 2. The van der Waals surface area contributed by atoms with Gasteiger partial charge in [-0.25, -0.2) is 13.7 Å². The van der Waals surface area contributed by atoms with Gasteiger partial charge in [-0.05, 0) is 12.8 Å². The predicted octanol–water partition coefficient (Wildman–Crippen LogP) is 1.72. The molecule has 1 aliphatic carbocycles. The summed E-state index contributed by atoms with van der Waals surface area (Å²) in [5, 5.41) is 31.1. The third-order valence-electron chi connectivity index (χ3n) is 6.91. The maximum absolute atomic E-state index is 12.9. The maximum atomic E-state index is 12.9. The topological polar surface area (TPSA) is 303 Å². The van der Waals surface area contributed by atoms with Crippen LogP contribution in [0.25, 0.3) is 0 Å². The van der Waals surface area contributed by atoms with E-state index in [-0.39, 0.29) is 12.8 Å². The standard InChI is InChI=1S/C25H49O19P3/c1-3-5-7-9-11-13-18(26)39-15-17(41-19(27)14-12-10-8-6-4-2)16-40-47(37,38)44-25-22(30)23(42-45(31,32)33)20(28)21(29)24(25)43-46(34,35)36/h17,20-25,28-30H,3-16H2,1-2H3,(H,37,38)(H2,31,32,33)(H2,34,35,36)/t17-,20-,21-,22-,23+,24-,25+/m1/s1. The van der Waals surface area contributed by atoms with Gasteiger partial charge in [-0.3, -0.25) is 27.7 Å². The molecule has 0 saturated heterocycles. The average molecular weight is 747 g/mol. The second kappa shape index (κ2) is 21.4. The Morgan fingerprint density at radius 3 is 1.55 bits per heavy atom. The van der Waals surface area contributed by atoms with Gasteiger partial charge < -0.3 is 49.3 Å². The van der Waals surface area contributed by atoms with Gasteiger partial charge in [-0.2, -0.15) is 0 Å². The van der Waals surface area contributed by atoms with E-state index in [1.807, 2.05) is 13.8 Å². The largest absolute Gasteiger partial charge is 0.472 e. The van der Waals surface area contributed by atoms with Crippen LogP contribution in [0.5, 0.6) is 0 Å². The molecule has 1 saturated carbocycles. The molecule has 0 amide bonds. The van der Waals surface area contributed by atoms with E-state index in [1.165, 1.54) is 0 Å². The van der Waals surface area contributed by atoms with Crippen molar-refractivity contribution in [1.82, 2.24) is 0 Å². The zero-order chi connectivity index (χ0) is 35.8. The van der Waals surface area contributed by atoms with E-state index in [2.05, 4.69) is 9.05 Å². The number of rotatable bonds is 24. The fourth-order valence-electron chi connectivity index (χ4n) is 4.58. The summed E-state index contributed by atoms with van der Waals surface area (Å²) >= 11 is 0. The number of phosphoric acid groups is 3. The van der Waals surface area contributed by atoms with Crippen molar-refractivity contribution in [3.63, 3.8) is 0 Å². The van der Waals surface area contributed by atoms with Crippen LogP contribution in [-0.4, -0.2) is 108 Å². The van der Waals surface area contributed by atoms with E-state index < -0.39 is 91.3 Å². The van der Waals surface area contributed by atoms with Crippen LogP contribution in [0.1, 0.15) is 90.9 Å². The molecule has 19 nitrogen and oxygen atoms in total. The normalized spacial score (nSPS) is 25.6. The monoisotopic (exact) mass is 746 g/mol. The summed E-state index contributed by atoms with van der Waals surface area (Å²) in [7, 11) is -16.5. The van der Waals surface area contributed by atoms with Gasteiger partial charge in [0, 0.05) is 12.8 Å². The first-order valence-corrected chi connectivity index (χ1v) is 19.9. The number of ether oxygens (including phenoxy) is 2. The Balaban J connectivity index is 3.05. The molecule has 1 fully saturated rings. The number of hydrogen-bond acceptors (Lipinski definition) is 14. The number of carbonyl (C=O) groups excluding carboxylic acids is 2. The minimum atomic E-state index is -5.56. The molecule has 1 aliphatic rings. The highest BCUT2D eigenvalue weighted by Gasteiger charge is 2.56. The van der Waals surface area contributed by atoms with Crippen molar-refractivity contribution >= 4 is 35.4 Å². The zero-order valence-electron chi connectivity index (χ0n) is 26.4. The second-order valence-corrected chi connectivity index (χ2v) is 14.8. The number of phosphoric ester groups is 3. The van der Waals surface area contributed by atoms with E-state index in [0.29, 0.717) is 12.8 Å². The van der Waals surface area contributed by atoms with Crippen molar-refractivity contribution in [3.8, 4) is 0 Å². The molecule has 8 atom stereocenters. The predicted molar refractivity (Wildman–Crippen MR) is 160 cm³/mol. The SMILES string of the molecule is CCCCCCCC(=O)OC[C@H](COP(=O)(O)O[C@H]1[C@H](O)[C@@H](OP(=O)(O)O)[C@H](O)[C@@H](O)[C@H]1OP(=O)(O)O)OC(=O)CCCCCCC. The number of hydrogen-bond donors (Lipinski definition) is 8. The molecule has 1 unspecified atom stereocenters. The van der Waals surface area contributed by atoms with E-state index in [1.54, 1.807) is 0 Å². The van der Waals surface area contributed by atoms with Crippen molar-refractivity contribution in [2.75, 3.05) is 13.2 Å². The Bertz CT molecular complexity index is 1080. The maximum Gasteiger partial charge on any atom is 0.472 e.